The first kappa shape index (κ1) is 13.8. The van der Waals surface area contributed by atoms with Gasteiger partial charge in [-0.25, -0.2) is 0 Å². The lowest BCUT2D eigenvalue weighted by Crippen LogP contribution is -2.24. The Kier molecular flexibility index (Phi) is 4.73. The fourth-order valence-electron chi connectivity index (χ4n) is 1.51. The van der Waals surface area contributed by atoms with Gasteiger partial charge < -0.3 is 5.32 Å². The Morgan fingerprint density at radius 1 is 1.00 bits per heavy atom. The highest BCUT2D eigenvalue weighted by Crippen LogP contribution is 2.18. The molecule has 0 heterocycles. The van der Waals surface area contributed by atoms with E-state index in [0.29, 0.717) is 11.8 Å². The van der Waals surface area contributed by atoms with Gasteiger partial charge in [-0.1, -0.05) is 46.8 Å². The minimum Gasteiger partial charge on any atom is -0.326 e. The van der Waals surface area contributed by atoms with Crippen molar-refractivity contribution in [3.05, 3.63) is 29.8 Å². The molecular weight excluding hydrogens is 210 g/mol. The van der Waals surface area contributed by atoms with Gasteiger partial charge in [0.25, 0.3) is 0 Å². The lowest BCUT2D eigenvalue weighted by molar-refractivity contribution is -0.120. The van der Waals surface area contributed by atoms with Crippen molar-refractivity contribution in [2.75, 3.05) is 5.32 Å². The van der Waals surface area contributed by atoms with Crippen LogP contribution in [0, 0.1) is 11.8 Å². The fraction of sp³-hybridized carbons (Fsp3) is 0.533. The topological polar surface area (TPSA) is 29.1 Å². The Morgan fingerprint density at radius 3 is 1.94 bits per heavy atom. The Hall–Kier alpha value is -1.31. The molecule has 0 radical (unpaired) electrons. The molecule has 0 aliphatic heterocycles. The highest BCUT2D eigenvalue weighted by atomic mass is 16.1. The summed E-state index contributed by atoms with van der Waals surface area (Å²) >= 11 is 0. The fourth-order valence-corrected chi connectivity index (χ4v) is 1.51. The Labute approximate surface area is 104 Å². The van der Waals surface area contributed by atoms with Crippen LogP contribution in [0.25, 0.3) is 0 Å². The largest absolute Gasteiger partial charge is 0.326 e. The number of amides is 1. The molecule has 1 amide bonds. The minimum absolute atomic E-state index is 0.0415. The number of carbonyl (C=O) groups excluding carboxylic acids is 1. The molecule has 1 atom stereocenters. The quantitative estimate of drug-likeness (QED) is 0.835. The van der Waals surface area contributed by atoms with Crippen molar-refractivity contribution in [2.24, 2.45) is 11.8 Å². The van der Waals surface area contributed by atoms with Gasteiger partial charge in [0, 0.05) is 11.6 Å². The second-order valence-electron chi connectivity index (χ2n) is 5.30. The van der Waals surface area contributed by atoms with Crippen LogP contribution in [0.15, 0.2) is 24.3 Å². The zero-order valence-corrected chi connectivity index (χ0v) is 11.4. The number of nitrogens with one attached hydrogen (secondary N) is 1. The SMILES string of the molecule is CC(C)c1ccc(NC(=O)C(C)C(C)C)cc1. The molecule has 2 nitrogen and oxygen atoms in total. The predicted molar refractivity (Wildman–Crippen MR) is 73.2 cm³/mol. The van der Waals surface area contributed by atoms with Gasteiger partial charge in [0.1, 0.15) is 0 Å². The van der Waals surface area contributed by atoms with E-state index in [9.17, 15) is 4.79 Å². The van der Waals surface area contributed by atoms with Crippen molar-refractivity contribution < 1.29 is 4.79 Å². The summed E-state index contributed by atoms with van der Waals surface area (Å²) in [7, 11) is 0. The molecule has 0 aliphatic rings. The molecule has 0 aromatic heterocycles. The van der Waals surface area contributed by atoms with Crippen molar-refractivity contribution in [1.82, 2.24) is 0 Å². The molecule has 1 unspecified atom stereocenters. The van der Waals surface area contributed by atoms with Crippen LogP contribution in [0.2, 0.25) is 0 Å². The Morgan fingerprint density at radius 2 is 1.53 bits per heavy atom. The van der Waals surface area contributed by atoms with E-state index in [0.717, 1.165) is 5.69 Å². The van der Waals surface area contributed by atoms with Crippen LogP contribution >= 0.6 is 0 Å². The molecule has 0 spiro atoms. The maximum absolute atomic E-state index is 11.9. The van der Waals surface area contributed by atoms with Gasteiger partial charge in [0.15, 0.2) is 0 Å². The monoisotopic (exact) mass is 233 g/mol. The zero-order valence-electron chi connectivity index (χ0n) is 11.4. The van der Waals surface area contributed by atoms with E-state index >= 15 is 0 Å². The van der Waals surface area contributed by atoms with Crippen LogP contribution < -0.4 is 5.32 Å². The average Bonchev–Trinajstić information content (AvgIpc) is 2.28. The molecule has 1 aromatic carbocycles. The first-order chi connectivity index (χ1) is 7.91. The summed E-state index contributed by atoms with van der Waals surface area (Å²) < 4.78 is 0. The van der Waals surface area contributed by atoms with Crippen LogP contribution in [0.3, 0.4) is 0 Å². The van der Waals surface area contributed by atoms with Crippen LogP contribution in [0.1, 0.15) is 46.1 Å². The predicted octanol–water partition coefficient (Wildman–Crippen LogP) is 4.04. The lowest BCUT2D eigenvalue weighted by Gasteiger charge is -2.15. The van der Waals surface area contributed by atoms with Crippen LogP contribution in [-0.4, -0.2) is 5.91 Å². The molecule has 0 saturated carbocycles. The van der Waals surface area contributed by atoms with Crippen molar-refractivity contribution in [2.45, 2.75) is 40.5 Å². The van der Waals surface area contributed by atoms with Gasteiger partial charge in [-0.15, -0.1) is 0 Å². The second kappa shape index (κ2) is 5.85. The maximum Gasteiger partial charge on any atom is 0.227 e. The van der Waals surface area contributed by atoms with Crippen LogP contribution in [-0.2, 0) is 4.79 Å². The van der Waals surface area contributed by atoms with Gasteiger partial charge in [0.05, 0.1) is 0 Å². The van der Waals surface area contributed by atoms with E-state index in [4.69, 9.17) is 0 Å². The summed E-state index contributed by atoms with van der Waals surface area (Å²) in [6.45, 7) is 10.4. The highest BCUT2D eigenvalue weighted by molar-refractivity contribution is 5.92. The molecule has 94 valence electrons. The first-order valence-corrected chi connectivity index (χ1v) is 6.32. The average molecular weight is 233 g/mol. The lowest BCUT2D eigenvalue weighted by atomic mass is 9.97. The van der Waals surface area contributed by atoms with Crippen molar-refractivity contribution >= 4 is 11.6 Å². The first-order valence-electron chi connectivity index (χ1n) is 6.32. The minimum atomic E-state index is 0.0415. The Balaban J connectivity index is 2.66. The molecule has 2 heteroatoms. The highest BCUT2D eigenvalue weighted by Gasteiger charge is 2.16. The van der Waals surface area contributed by atoms with Gasteiger partial charge in [-0.3, -0.25) is 4.79 Å². The summed E-state index contributed by atoms with van der Waals surface area (Å²) in [5.41, 5.74) is 2.17. The Bertz CT molecular complexity index is 365. The second-order valence-corrected chi connectivity index (χ2v) is 5.30. The van der Waals surface area contributed by atoms with Crippen molar-refractivity contribution in [3.8, 4) is 0 Å². The van der Waals surface area contributed by atoms with Crippen molar-refractivity contribution in [1.29, 1.82) is 0 Å². The van der Waals surface area contributed by atoms with E-state index in [2.05, 4.69) is 45.1 Å². The maximum atomic E-state index is 11.9. The summed E-state index contributed by atoms with van der Waals surface area (Å²) in [5, 5.41) is 2.95. The summed E-state index contributed by atoms with van der Waals surface area (Å²) in [5.74, 6) is 1.02. The van der Waals surface area contributed by atoms with Crippen LogP contribution in [0.4, 0.5) is 5.69 Å². The number of hydrogen-bond acceptors (Lipinski definition) is 1. The molecule has 1 N–H and O–H groups in total. The van der Waals surface area contributed by atoms with E-state index < -0.39 is 0 Å². The summed E-state index contributed by atoms with van der Waals surface area (Å²) in [6, 6.07) is 8.08. The number of carbonyl (C=O) groups is 1. The third-order valence-corrected chi connectivity index (χ3v) is 3.26. The van der Waals surface area contributed by atoms with Gasteiger partial charge in [-0.2, -0.15) is 0 Å². The summed E-state index contributed by atoms with van der Waals surface area (Å²) in [4.78, 5) is 11.9. The normalized spacial score (nSPS) is 12.9. The number of hydrogen-bond donors (Lipinski definition) is 1. The smallest absolute Gasteiger partial charge is 0.227 e. The van der Waals surface area contributed by atoms with E-state index in [1.165, 1.54) is 5.56 Å². The van der Waals surface area contributed by atoms with E-state index in [1.54, 1.807) is 0 Å². The molecular formula is C15H23NO. The van der Waals surface area contributed by atoms with E-state index in [-0.39, 0.29) is 11.8 Å². The molecule has 0 bridgehead atoms. The molecule has 1 aromatic rings. The zero-order chi connectivity index (χ0) is 13.0. The molecule has 17 heavy (non-hydrogen) atoms. The van der Waals surface area contributed by atoms with Gasteiger partial charge in [0.2, 0.25) is 5.91 Å². The van der Waals surface area contributed by atoms with Crippen molar-refractivity contribution in [3.63, 3.8) is 0 Å². The van der Waals surface area contributed by atoms with Gasteiger partial charge >= 0.3 is 0 Å². The molecule has 1 rings (SSSR count). The molecule has 0 saturated heterocycles. The van der Waals surface area contributed by atoms with Gasteiger partial charge in [-0.05, 0) is 29.5 Å². The molecule has 0 aliphatic carbocycles. The number of anilines is 1. The number of rotatable bonds is 4. The third kappa shape index (κ3) is 3.88. The van der Waals surface area contributed by atoms with E-state index in [1.807, 2.05) is 19.1 Å². The van der Waals surface area contributed by atoms with Crippen LogP contribution in [0.5, 0.6) is 0 Å². The third-order valence-electron chi connectivity index (χ3n) is 3.26. The standard InChI is InChI=1S/C15H23NO/c1-10(2)12(5)15(17)16-14-8-6-13(7-9-14)11(3)4/h6-12H,1-5H3,(H,16,17). The molecule has 0 fully saturated rings. The number of benzene rings is 1. The summed E-state index contributed by atoms with van der Waals surface area (Å²) in [6.07, 6.45) is 0.